The van der Waals surface area contributed by atoms with E-state index in [0.717, 1.165) is 23.8 Å². The van der Waals surface area contributed by atoms with Crippen molar-refractivity contribution in [2.75, 3.05) is 11.4 Å². The van der Waals surface area contributed by atoms with Crippen LogP contribution in [0.3, 0.4) is 0 Å². The third kappa shape index (κ3) is 3.38. The lowest BCUT2D eigenvalue weighted by Gasteiger charge is -2.23. The number of hydrogen-bond acceptors (Lipinski definition) is 1. The molecule has 0 spiro atoms. The number of halogens is 1. The van der Waals surface area contributed by atoms with Gasteiger partial charge >= 0.3 is 0 Å². The second-order valence-corrected chi connectivity index (χ2v) is 4.57. The first-order valence-corrected chi connectivity index (χ1v) is 6.33. The zero-order chi connectivity index (χ0) is 12.8. The molecule has 2 aromatic rings. The Hall–Kier alpha value is -1.73. The molecule has 0 unspecified atom stereocenters. The Balaban J connectivity index is 2.18. The Morgan fingerprint density at radius 2 is 1.67 bits per heavy atom. The van der Waals surface area contributed by atoms with Gasteiger partial charge in [-0.15, -0.1) is 6.58 Å². The van der Waals surface area contributed by atoms with Gasteiger partial charge in [-0.2, -0.15) is 0 Å². The highest BCUT2D eigenvalue weighted by Gasteiger charge is 2.05. The third-order valence-corrected chi connectivity index (χ3v) is 3.01. The molecule has 1 nitrogen and oxygen atoms in total. The predicted octanol–water partition coefficient (Wildman–Crippen LogP) is 4.53. The van der Waals surface area contributed by atoms with Crippen molar-refractivity contribution in [2.24, 2.45) is 0 Å². The van der Waals surface area contributed by atoms with Gasteiger partial charge in [0.05, 0.1) is 0 Å². The summed E-state index contributed by atoms with van der Waals surface area (Å²) in [5.41, 5.74) is 2.44. The second-order valence-electron chi connectivity index (χ2n) is 4.13. The summed E-state index contributed by atoms with van der Waals surface area (Å²) in [5.74, 6) is 0. The maximum Gasteiger partial charge on any atom is 0.0432 e. The van der Waals surface area contributed by atoms with Crippen molar-refractivity contribution in [3.63, 3.8) is 0 Å². The van der Waals surface area contributed by atoms with Crippen LogP contribution in [0.1, 0.15) is 5.56 Å². The van der Waals surface area contributed by atoms with Crippen molar-refractivity contribution in [1.29, 1.82) is 0 Å². The maximum absolute atomic E-state index is 5.91. The molecule has 0 heterocycles. The van der Waals surface area contributed by atoms with E-state index in [1.807, 2.05) is 36.4 Å². The highest BCUT2D eigenvalue weighted by atomic mass is 35.5. The number of rotatable bonds is 5. The number of nitrogens with zero attached hydrogens (tertiary/aromatic N) is 1. The zero-order valence-electron chi connectivity index (χ0n) is 10.2. The van der Waals surface area contributed by atoms with Crippen LogP contribution in [-0.2, 0) is 6.54 Å². The van der Waals surface area contributed by atoms with Crippen LogP contribution in [-0.4, -0.2) is 6.54 Å². The highest BCUT2D eigenvalue weighted by molar-refractivity contribution is 6.30. The van der Waals surface area contributed by atoms with E-state index in [-0.39, 0.29) is 0 Å². The Bertz CT molecular complexity index is 490. The number of benzene rings is 2. The summed E-state index contributed by atoms with van der Waals surface area (Å²) in [6.07, 6.45) is 1.91. The lowest BCUT2D eigenvalue weighted by molar-refractivity contribution is 0.868. The first kappa shape index (κ1) is 12.7. The molecule has 0 N–H and O–H groups in total. The summed E-state index contributed by atoms with van der Waals surface area (Å²) in [6.45, 7) is 5.50. The fourth-order valence-corrected chi connectivity index (χ4v) is 2.00. The van der Waals surface area contributed by atoms with Gasteiger partial charge in [-0.3, -0.25) is 0 Å². The van der Waals surface area contributed by atoms with Gasteiger partial charge in [0.2, 0.25) is 0 Å². The van der Waals surface area contributed by atoms with Crippen LogP contribution in [0, 0.1) is 0 Å². The van der Waals surface area contributed by atoms with Crippen molar-refractivity contribution < 1.29 is 0 Å². The summed E-state index contributed by atoms with van der Waals surface area (Å²) in [4.78, 5) is 2.26. The van der Waals surface area contributed by atoms with Gasteiger partial charge in [0.25, 0.3) is 0 Å². The van der Waals surface area contributed by atoms with Crippen LogP contribution in [0.15, 0.2) is 67.3 Å². The van der Waals surface area contributed by atoms with Crippen molar-refractivity contribution in [2.45, 2.75) is 6.54 Å². The first-order chi connectivity index (χ1) is 8.79. The van der Waals surface area contributed by atoms with Crippen LogP contribution in [0.5, 0.6) is 0 Å². The summed E-state index contributed by atoms with van der Waals surface area (Å²) < 4.78 is 0. The maximum atomic E-state index is 5.91. The normalized spacial score (nSPS) is 10.1. The number of hydrogen-bond donors (Lipinski definition) is 0. The molecule has 0 aliphatic rings. The molecule has 0 atom stereocenters. The van der Waals surface area contributed by atoms with E-state index in [2.05, 4.69) is 35.7 Å². The van der Waals surface area contributed by atoms with Gasteiger partial charge in [-0.1, -0.05) is 48.0 Å². The molecule has 92 valence electrons. The van der Waals surface area contributed by atoms with Crippen molar-refractivity contribution >= 4 is 17.3 Å². The van der Waals surface area contributed by atoms with Crippen LogP contribution >= 0.6 is 11.6 Å². The molecule has 0 bridgehead atoms. The molecule has 2 heteroatoms. The number of anilines is 1. The highest BCUT2D eigenvalue weighted by Crippen LogP contribution is 2.20. The zero-order valence-corrected chi connectivity index (χ0v) is 11.0. The third-order valence-electron chi connectivity index (χ3n) is 2.76. The molecular formula is C16H16ClN. The van der Waals surface area contributed by atoms with Crippen molar-refractivity contribution in [1.82, 2.24) is 0 Å². The summed E-state index contributed by atoms with van der Waals surface area (Å²) in [7, 11) is 0. The van der Waals surface area contributed by atoms with E-state index < -0.39 is 0 Å². The van der Waals surface area contributed by atoms with Crippen LogP contribution in [0.25, 0.3) is 0 Å². The predicted molar refractivity (Wildman–Crippen MR) is 79.1 cm³/mol. The summed E-state index contributed by atoms with van der Waals surface area (Å²) in [5, 5.41) is 0.761. The Kier molecular flexibility index (Phi) is 4.43. The van der Waals surface area contributed by atoms with Gasteiger partial charge < -0.3 is 4.90 Å². The topological polar surface area (TPSA) is 3.24 Å². The molecule has 0 saturated heterocycles. The molecule has 0 fully saturated rings. The van der Waals surface area contributed by atoms with Crippen molar-refractivity contribution in [3.8, 4) is 0 Å². The van der Waals surface area contributed by atoms with Gasteiger partial charge in [0.1, 0.15) is 0 Å². The van der Waals surface area contributed by atoms with Crippen LogP contribution in [0.2, 0.25) is 5.02 Å². The van der Waals surface area contributed by atoms with Crippen LogP contribution in [0.4, 0.5) is 5.69 Å². The lowest BCUT2D eigenvalue weighted by atomic mass is 10.2. The van der Waals surface area contributed by atoms with Gasteiger partial charge in [0.15, 0.2) is 0 Å². The smallest absolute Gasteiger partial charge is 0.0432 e. The largest absolute Gasteiger partial charge is 0.363 e. The van der Waals surface area contributed by atoms with Gasteiger partial charge in [-0.05, 0) is 29.8 Å². The molecule has 2 rings (SSSR count). The fraction of sp³-hybridized carbons (Fsp3) is 0.125. The van der Waals surface area contributed by atoms with Crippen LogP contribution < -0.4 is 4.90 Å². The SMILES string of the molecule is C=CCN(Cc1ccccc1)c1ccc(Cl)cc1. The lowest BCUT2D eigenvalue weighted by Crippen LogP contribution is -2.22. The molecule has 18 heavy (non-hydrogen) atoms. The van der Waals surface area contributed by atoms with E-state index in [0.29, 0.717) is 0 Å². The minimum absolute atomic E-state index is 0.761. The Morgan fingerprint density at radius 3 is 2.28 bits per heavy atom. The summed E-state index contributed by atoms with van der Waals surface area (Å²) >= 11 is 5.91. The van der Waals surface area contributed by atoms with E-state index in [1.54, 1.807) is 0 Å². The minimum atomic E-state index is 0.761. The molecular weight excluding hydrogens is 242 g/mol. The van der Waals surface area contributed by atoms with E-state index in [9.17, 15) is 0 Å². The van der Waals surface area contributed by atoms with Crippen molar-refractivity contribution in [3.05, 3.63) is 77.8 Å². The molecule has 0 radical (unpaired) electrons. The molecule has 0 aliphatic carbocycles. The van der Waals surface area contributed by atoms with E-state index >= 15 is 0 Å². The quantitative estimate of drug-likeness (QED) is 0.711. The molecule has 2 aromatic carbocycles. The average Bonchev–Trinajstić information content (AvgIpc) is 2.40. The van der Waals surface area contributed by atoms with E-state index in [1.165, 1.54) is 5.56 Å². The Labute approximate surface area is 113 Å². The Morgan fingerprint density at radius 1 is 1.00 bits per heavy atom. The average molecular weight is 258 g/mol. The standard InChI is InChI=1S/C16H16ClN/c1-2-12-18(13-14-6-4-3-5-7-14)16-10-8-15(17)9-11-16/h2-11H,1,12-13H2. The molecule has 0 saturated carbocycles. The molecule has 0 aliphatic heterocycles. The van der Waals surface area contributed by atoms with E-state index in [4.69, 9.17) is 11.6 Å². The second kappa shape index (κ2) is 6.27. The summed E-state index contributed by atoms with van der Waals surface area (Å²) in [6, 6.07) is 18.3. The van der Waals surface area contributed by atoms with Gasteiger partial charge in [0, 0.05) is 23.8 Å². The van der Waals surface area contributed by atoms with Gasteiger partial charge in [-0.25, -0.2) is 0 Å². The molecule has 0 amide bonds. The monoisotopic (exact) mass is 257 g/mol. The first-order valence-electron chi connectivity index (χ1n) is 5.95. The molecule has 0 aromatic heterocycles. The fourth-order valence-electron chi connectivity index (χ4n) is 1.87. The minimum Gasteiger partial charge on any atom is -0.363 e.